The largest absolute Gasteiger partial charge is 0.453 e. The van der Waals surface area contributed by atoms with Crippen molar-refractivity contribution in [2.75, 3.05) is 26.5 Å². The Hall–Kier alpha value is -5.97. The number of halogens is 2. The van der Waals surface area contributed by atoms with Crippen LogP contribution in [0.3, 0.4) is 0 Å². The van der Waals surface area contributed by atoms with E-state index in [1.807, 2.05) is 49.1 Å². The first-order chi connectivity index (χ1) is 30.7. The van der Waals surface area contributed by atoms with Crippen molar-refractivity contribution in [3.05, 3.63) is 83.6 Å². The van der Waals surface area contributed by atoms with Gasteiger partial charge in [-0.3, -0.25) is 9.59 Å². The van der Waals surface area contributed by atoms with Crippen LogP contribution in [0.25, 0.3) is 44.5 Å². The van der Waals surface area contributed by atoms with Gasteiger partial charge < -0.3 is 39.9 Å². The molecule has 3 aliphatic carbocycles. The molecule has 2 saturated carbocycles. The summed E-state index contributed by atoms with van der Waals surface area (Å²) in [5, 5.41) is 5.30. The average Bonchev–Trinajstić information content (AvgIpc) is 3.95. The first-order valence-corrected chi connectivity index (χ1v) is 22.5. The Bertz CT molecular complexity index is 2720. The topological polar surface area (TPSA) is 175 Å². The lowest BCUT2D eigenvalue weighted by Crippen LogP contribution is -2.52. The molecule has 2 saturated heterocycles. The maximum Gasteiger partial charge on any atom is 0.407 e. The maximum atomic E-state index is 16.6. The standard InChI is InChI=1S/C47H50F2N8O6S/c1-23(2)38(55-45(61)63-4)43(59)56-22-46(13-14-46)19-37(56)40-50-20-35(53-40)26-7-11-30-29-10-6-24(16-31(29)47(48,49)32(30)17-26)25-8-12-33-34(18-25)52-41(51-33)39-27-5-9-28(15-27)57(39)42(58)36(21-64)54-44(60)62-3/h6-8,10-12,16-18,20,23,27-28,36-39,64H,5,9,13-15,19,21-22H2,1-4H3,(H,50,53)(H,51,52)(H,54,60)(H,55,61)/t27-,28+,36-,37-,38-,39?/m0/s1. The lowest BCUT2D eigenvalue weighted by Gasteiger charge is -2.36. The smallest absolute Gasteiger partial charge is 0.407 e. The van der Waals surface area contributed by atoms with Crippen LogP contribution < -0.4 is 10.6 Å². The average molecular weight is 893 g/mol. The minimum Gasteiger partial charge on any atom is -0.453 e. The fourth-order valence-electron chi connectivity index (χ4n) is 10.7. The number of benzene rings is 3. The summed E-state index contributed by atoms with van der Waals surface area (Å²) < 4.78 is 42.8. The number of carbonyl (C=O) groups is 4. The molecule has 64 heavy (non-hydrogen) atoms. The molecule has 6 atom stereocenters. The van der Waals surface area contributed by atoms with Gasteiger partial charge in [0, 0.05) is 35.0 Å². The number of thiol groups is 1. The molecule has 2 bridgehead atoms. The number of likely N-dealkylation sites (tertiary alicyclic amines) is 2. The summed E-state index contributed by atoms with van der Waals surface area (Å²) in [5.41, 5.74) is 4.61. The van der Waals surface area contributed by atoms with Crippen molar-refractivity contribution in [1.29, 1.82) is 0 Å². The van der Waals surface area contributed by atoms with E-state index in [0.717, 1.165) is 49.6 Å². The normalized spacial score (nSPS) is 23.0. The van der Waals surface area contributed by atoms with Gasteiger partial charge in [-0.1, -0.05) is 44.2 Å². The van der Waals surface area contributed by atoms with Crippen molar-refractivity contribution >= 4 is 47.7 Å². The number of carbonyl (C=O) groups excluding carboxylic acids is 4. The van der Waals surface area contributed by atoms with Gasteiger partial charge >= 0.3 is 12.2 Å². The predicted octanol–water partition coefficient (Wildman–Crippen LogP) is 7.88. The van der Waals surface area contributed by atoms with E-state index in [9.17, 15) is 19.2 Å². The molecule has 4 N–H and O–H groups in total. The van der Waals surface area contributed by atoms with Crippen molar-refractivity contribution in [3.8, 4) is 33.5 Å². The number of imidazole rings is 2. The van der Waals surface area contributed by atoms with Crippen LogP contribution in [0.2, 0.25) is 0 Å². The molecule has 334 valence electrons. The molecule has 14 nitrogen and oxygen atoms in total. The van der Waals surface area contributed by atoms with E-state index < -0.39 is 30.2 Å². The zero-order chi connectivity index (χ0) is 44.8. The highest BCUT2D eigenvalue weighted by atomic mass is 32.1. The van der Waals surface area contributed by atoms with Gasteiger partial charge in [0.25, 0.3) is 5.92 Å². The molecule has 5 aromatic rings. The first kappa shape index (κ1) is 42.0. The van der Waals surface area contributed by atoms with Crippen LogP contribution in [-0.2, 0) is 25.0 Å². The van der Waals surface area contributed by atoms with Crippen LogP contribution >= 0.6 is 12.6 Å². The Morgan fingerprint density at radius 3 is 2.23 bits per heavy atom. The fraction of sp³-hybridized carbons (Fsp3) is 0.447. The van der Waals surface area contributed by atoms with Crippen molar-refractivity contribution in [3.63, 3.8) is 0 Å². The third kappa shape index (κ3) is 6.97. The SMILES string of the molecule is COC(=O)N[C@@H](CS)C(=O)N1C(c2nc3ccc(-c4ccc5c(c4)C(F)(F)c4cc(-c6cnc([C@@H]7CC8(CC8)CN7C(=O)[C@@H](NC(=O)OC)C(C)C)[nH]6)ccc4-5)cc3[nH]2)[C@H]2CC[C@@H]1C2. The van der Waals surface area contributed by atoms with Crippen molar-refractivity contribution in [2.24, 2.45) is 17.3 Å². The second kappa shape index (κ2) is 15.6. The van der Waals surface area contributed by atoms with Gasteiger partial charge in [-0.2, -0.15) is 21.4 Å². The third-order valence-corrected chi connectivity index (χ3v) is 14.6. The summed E-state index contributed by atoms with van der Waals surface area (Å²) >= 11 is 4.34. The van der Waals surface area contributed by atoms with Crippen molar-refractivity contribution in [2.45, 2.75) is 88.5 Å². The number of methoxy groups -OCH3 is 2. The molecule has 2 aromatic heterocycles. The molecular formula is C47H50F2N8O6S. The molecule has 4 amide bonds. The van der Waals surface area contributed by atoms with Gasteiger partial charge in [0.1, 0.15) is 23.7 Å². The molecular weight excluding hydrogens is 843 g/mol. The second-order valence-electron chi connectivity index (χ2n) is 18.5. The van der Waals surface area contributed by atoms with Crippen LogP contribution in [0.1, 0.15) is 87.2 Å². The molecule has 17 heteroatoms. The number of alkyl halides is 2. The van der Waals surface area contributed by atoms with E-state index in [1.54, 1.807) is 29.3 Å². The maximum absolute atomic E-state index is 16.6. The predicted molar refractivity (Wildman–Crippen MR) is 236 cm³/mol. The van der Waals surface area contributed by atoms with Crippen molar-refractivity contribution in [1.82, 2.24) is 40.4 Å². The Balaban J connectivity index is 0.895. The molecule has 1 unspecified atom stereocenters. The number of amides is 4. The molecule has 2 aliphatic heterocycles. The van der Waals surface area contributed by atoms with Crippen LogP contribution in [-0.4, -0.2) is 98.4 Å². The minimum absolute atomic E-state index is 0.00904. The van der Waals surface area contributed by atoms with E-state index in [-0.39, 0.29) is 64.1 Å². The van der Waals surface area contributed by atoms with E-state index >= 15 is 8.78 Å². The molecule has 3 aromatic carbocycles. The lowest BCUT2D eigenvalue weighted by molar-refractivity contribution is -0.137. The number of H-pyrrole nitrogens is 2. The van der Waals surface area contributed by atoms with E-state index in [4.69, 9.17) is 19.4 Å². The monoisotopic (exact) mass is 892 g/mol. The number of nitrogens with zero attached hydrogens (tertiary/aromatic N) is 4. The number of aromatic amines is 2. The first-order valence-electron chi connectivity index (χ1n) is 21.9. The molecule has 1 spiro atoms. The summed E-state index contributed by atoms with van der Waals surface area (Å²) in [6.07, 6.45) is 5.64. The van der Waals surface area contributed by atoms with Gasteiger partial charge in [0.2, 0.25) is 11.8 Å². The third-order valence-electron chi connectivity index (χ3n) is 14.3. The number of piperidine rings is 1. The number of rotatable bonds is 10. The summed E-state index contributed by atoms with van der Waals surface area (Å²) in [5.74, 6) is -2.38. The second-order valence-corrected chi connectivity index (χ2v) is 18.8. The number of ether oxygens (including phenoxy) is 2. The molecule has 5 aliphatic rings. The molecule has 4 fully saturated rings. The van der Waals surface area contributed by atoms with Crippen LogP contribution in [0.4, 0.5) is 18.4 Å². The van der Waals surface area contributed by atoms with Crippen LogP contribution in [0.5, 0.6) is 0 Å². The fourth-order valence-corrected chi connectivity index (χ4v) is 11.0. The molecule has 4 heterocycles. The Kier molecular flexibility index (Phi) is 10.3. The van der Waals surface area contributed by atoms with E-state index in [0.29, 0.717) is 51.7 Å². The minimum atomic E-state index is -3.29. The van der Waals surface area contributed by atoms with E-state index in [1.165, 1.54) is 20.3 Å². The highest BCUT2D eigenvalue weighted by Crippen LogP contribution is 2.59. The lowest BCUT2D eigenvalue weighted by atomic mass is 9.97. The quantitative estimate of drug-likeness (QED) is 0.0881. The summed E-state index contributed by atoms with van der Waals surface area (Å²) in [6, 6.07) is 13.6. The van der Waals surface area contributed by atoms with Crippen LogP contribution in [0, 0.1) is 17.3 Å². The van der Waals surface area contributed by atoms with Gasteiger partial charge in [0.05, 0.1) is 49.2 Å². The highest BCUT2D eigenvalue weighted by molar-refractivity contribution is 7.80. The van der Waals surface area contributed by atoms with Crippen molar-refractivity contribution < 1.29 is 37.4 Å². The summed E-state index contributed by atoms with van der Waals surface area (Å²) in [6.45, 7) is 4.30. The number of aromatic nitrogens is 4. The van der Waals surface area contributed by atoms with Gasteiger partial charge in [-0.05, 0) is 102 Å². The zero-order valence-electron chi connectivity index (χ0n) is 35.9. The van der Waals surface area contributed by atoms with Gasteiger partial charge in [-0.15, -0.1) is 0 Å². The zero-order valence-corrected chi connectivity index (χ0v) is 36.8. The van der Waals surface area contributed by atoms with Gasteiger partial charge in [0.15, 0.2) is 0 Å². The highest BCUT2D eigenvalue weighted by Gasteiger charge is 2.55. The summed E-state index contributed by atoms with van der Waals surface area (Å²) in [7, 11) is 2.51. The number of hydrogen-bond acceptors (Lipinski definition) is 9. The van der Waals surface area contributed by atoms with Gasteiger partial charge in [-0.25, -0.2) is 19.6 Å². The molecule has 10 rings (SSSR count). The number of hydrogen-bond donors (Lipinski definition) is 5. The summed E-state index contributed by atoms with van der Waals surface area (Å²) in [4.78, 5) is 72.0. The van der Waals surface area contributed by atoms with E-state index in [2.05, 4.69) is 33.2 Å². The Morgan fingerprint density at radius 1 is 0.875 bits per heavy atom. The Morgan fingerprint density at radius 2 is 1.55 bits per heavy atom. The number of alkyl carbamates (subject to hydrolysis) is 2. The van der Waals surface area contributed by atoms with Crippen LogP contribution in [0.15, 0.2) is 60.8 Å². The molecule has 0 radical (unpaired) electrons. The number of nitrogens with one attached hydrogen (secondary N) is 4. The Labute approximate surface area is 373 Å². The number of fused-ring (bicyclic) bond motifs is 6.